The Morgan fingerprint density at radius 2 is 0.517 bits per heavy atom. The van der Waals surface area contributed by atoms with Crippen LogP contribution in [0.4, 0.5) is 51.2 Å². The van der Waals surface area contributed by atoms with Crippen LogP contribution >= 0.6 is 0 Å². The molecule has 566 valence electrons. The maximum absolute atomic E-state index is 18.7. The number of rotatable bonds is 12. The number of anilines is 9. The Morgan fingerprint density at radius 3 is 0.850 bits per heavy atom. The van der Waals surface area contributed by atoms with Crippen molar-refractivity contribution in [1.29, 1.82) is 0 Å². The summed E-state index contributed by atoms with van der Waals surface area (Å²) < 4.78 is 0. The summed E-state index contributed by atoms with van der Waals surface area (Å²) in [6.45, 7) is 0. The highest BCUT2D eigenvalue weighted by Crippen LogP contribution is 2.70. The molecule has 0 bridgehead atoms. The Balaban J connectivity index is 0.850. The number of nitrogens with zero attached hydrogens (tertiary/aromatic N) is 4. The van der Waals surface area contributed by atoms with Crippen molar-refractivity contribution in [2.75, 3.05) is 19.6 Å². The summed E-state index contributed by atoms with van der Waals surface area (Å²) in [5.41, 5.74) is 27.2. The molecule has 4 aliphatic carbocycles. The van der Waals surface area contributed by atoms with E-state index in [-0.39, 0.29) is 11.6 Å². The lowest BCUT2D eigenvalue weighted by Crippen LogP contribution is -2.43. The monoisotopic (exact) mass is 1530 g/mol. The molecule has 4 aliphatic heterocycles. The lowest BCUT2D eigenvalue weighted by molar-refractivity contribution is 0.0943. The van der Waals surface area contributed by atoms with Gasteiger partial charge in [0.15, 0.2) is 11.6 Å². The van der Waals surface area contributed by atoms with Crippen molar-refractivity contribution in [2.45, 2.75) is 40.4 Å². The number of hydrogen-bond acceptors (Lipinski definition) is 6. The van der Waals surface area contributed by atoms with E-state index in [0.717, 1.165) is 153 Å². The minimum absolute atomic E-state index is 0.0494. The first-order valence-corrected chi connectivity index (χ1v) is 41.9. The van der Waals surface area contributed by atoms with Crippen LogP contribution in [0, 0.1) is 5.92 Å². The molecule has 2 atom stereocenters. The summed E-state index contributed by atoms with van der Waals surface area (Å²) in [5.74, 6) is -1.97. The standard InChI is InChI=1S/C114H78N4O2/c119-109-103-99(115-91-65-33-25-57-83(91)111(75-41-9-1-10-42-75,76-43-11-2-12-44-76)84-58-26-34-66-92(84)115)73-100(116-93-67-35-27-59-85(93)112(77-45-13-3-14-46-77,78-47-15-4-16-48-78)86-60-28-36-68-94(86)116)104-107(103)108-105(109)101(117-95-69-37-29-61-87(95)113(79-49-17-5-18-50-79,80-51-19-6-20-52-80)88-62-30-38-70-96(88)117)74-102(106(108)110(104)120)118-97-71-39-31-63-89(97)114(81-53-21-7-22-54-81,82-55-23-8-24-56-82)90-64-32-40-72-98(90)118/h1-31,33-63,65-74,104,107H,32,64H2. The summed E-state index contributed by atoms with van der Waals surface area (Å²) in [6.07, 6.45) is 8.50. The molecule has 8 aliphatic rings. The van der Waals surface area contributed by atoms with Gasteiger partial charge in [-0.2, -0.15) is 0 Å². The van der Waals surface area contributed by atoms with Crippen molar-refractivity contribution in [1.82, 2.24) is 0 Å². The van der Waals surface area contributed by atoms with Crippen LogP contribution in [0.5, 0.6) is 0 Å². The second-order valence-electron chi connectivity index (χ2n) is 32.8. The van der Waals surface area contributed by atoms with Crippen LogP contribution in [0.1, 0.15) is 128 Å². The molecular formula is C114H78N4O2. The van der Waals surface area contributed by atoms with E-state index in [1.165, 1.54) is 5.57 Å². The molecule has 4 heterocycles. The van der Waals surface area contributed by atoms with Crippen LogP contribution in [0.15, 0.2) is 465 Å². The minimum atomic E-state index is -0.962. The number of para-hydroxylation sites is 7. The van der Waals surface area contributed by atoms with Crippen molar-refractivity contribution in [3.63, 3.8) is 0 Å². The fourth-order valence-corrected chi connectivity index (χ4v) is 23.2. The molecule has 2 unspecified atom stereocenters. The van der Waals surface area contributed by atoms with Crippen molar-refractivity contribution in [3.8, 4) is 0 Å². The van der Waals surface area contributed by atoms with Gasteiger partial charge in [-0.25, -0.2) is 0 Å². The second-order valence-corrected chi connectivity index (χ2v) is 32.8. The number of carbonyl (C=O) groups is 2. The van der Waals surface area contributed by atoms with Gasteiger partial charge >= 0.3 is 0 Å². The van der Waals surface area contributed by atoms with E-state index < -0.39 is 33.5 Å². The molecule has 16 aromatic carbocycles. The van der Waals surface area contributed by atoms with Crippen LogP contribution < -0.4 is 19.6 Å². The van der Waals surface area contributed by atoms with Gasteiger partial charge in [-0.3, -0.25) is 9.59 Å². The predicted molar refractivity (Wildman–Crippen MR) is 484 cm³/mol. The van der Waals surface area contributed by atoms with E-state index in [0.29, 0.717) is 33.8 Å². The van der Waals surface area contributed by atoms with Gasteiger partial charge in [0.05, 0.1) is 90.0 Å². The average molecular weight is 1540 g/mol. The summed E-state index contributed by atoms with van der Waals surface area (Å²) in [6, 6.07) is 152. The second kappa shape index (κ2) is 26.8. The maximum Gasteiger partial charge on any atom is 0.194 e. The van der Waals surface area contributed by atoms with Crippen molar-refractivity contribution >= 4 is 62.8 Å². The molecule has 0 radical (unpaired) electrons. The third-order valence-corrected chi connectivity index (χ3v) is 27.5. The first kappa shape index (κ1) is 69.3. The highest BCUT2D eigenvalue weighted by atomic mass is 16.1. The highest BCUT2D eigenvalue weighted by molar-refractivity contribution is 6.28. The number of Topliss-reactive ketones (excluding diaryl/α,β-unsaturated/α-hetero) is 2. The first-order chi connectivity index (χ1) is 59.5. The molecule has 0 aromatic heterocycles. The number of hydrogen-bond donors (Lipinski definition) is 0. The number of allylic oxidation sites excluding steroid dienone is 6. The van der Waals surface area contributed by atoms with Crippen LogP contribution in [-0.4, -0.2) is 11.6 Å². The molecule has 120 heavy (non-hydrogen) atoms. The Labute approximate surface area is 698 Å². The van der Waals surface area contributed by atoms with Crippen LogP contribution in [0.3, 0.4) is 0 Å². The smallest absolute Gasteiger partial charge is 0.194 e. The van der Waals surface area contributed by atoms with Gasteiger partial charge in [0, 0.05) is 28.4 Å². The largest absolute Gasteiger partial charge is 0.313 e. The van der Waals surface area contributed by atoms with Crippen LogP contribution in [0.25, 0.3) is 0 Å². The molecule has 16 aromatic rings. The molecule has 0 saturated carbocycles. The number of ketones is 2. The molecule has 0 N–H and O–H groups in total. The van der Waals surface area contributed by atoms with Gasteiger partial charge in [-0.1, -0.05) is 376 Å². The Morgan fingerprint density at radius 1 is 0.250 bits per heavy atom. The summed E-state index contributed by atoms with van der Waals surface area (Å²) in [5, 5.41) is 0. The Kier molecular flexibility index (Phi) is 15.5. The van der Waals surface area contributed by atoms with Gasteiger partial charge in [0.2, 0.25) is 0 Å². The lowest BCUT2D eigenvalue weighted by atomic mass is 9.60. The third-order valence-electron chi connectivity index (χ3n) is 27.5. The Hall–Kier alpha value is -15.0. The molecule has 6 nitrogen and oxygen atoms in total. The van der Waals surface area contributed by atoms with Gasteiger partial charge in [0.25, 0.3) is 0 Å². The zero-order valence-electron chi connectivity index (χ0n) is 65.7. The number of benzene rings is 16. The molecule has 6 heteroatoms. The van der Waals surface area contributed by atoms with E-state index in [1.54, 1.807) is 0 Å². The van der Waals surface area contributed by atoms with Gasteiger partial charge in [0.1, 0.15) is 0 Å². The quantitative estimate of drug-likeness (QED) is 0.121. The number of fused-ring (bicyclic) bond motifs is 7. The highest BCUT2D eigenvalue weighted by Gasteiger charge is 2.62. The maximum atomic E-state index is 18.7. The van der Waals surface area contributed by atoms with E-state index in [9.17, 15) is 0 Å². The van der Waals surface area contributed by atoms with Gasteiger partial charge in [-0.05, 0) is 168 Å². The van der Waals surface area contributed by atoms with E-state index in [4.69, 9.17) is 0 Å². The predicted octanol–water partition coefficient (Wildman–Crippen LogP) is 26.3. The zero-order valence-corrected chi connectivity index (χ0v) is 65.7. The molecule has 0 saturated heterocycles. The molecule has 24 rings (SSSR count). The third kappa shape index (κ3) is 9.22. The summed E-state index contributed by atoms with van der Waals surface area (Å²) in [7, 11) is 0. The van der Waals surface area contributed by atoms with Gasteiger partial charge in [-0.15, -0.1) is 0 Å². The molecular weight excluding hydrogens is 1460 g/mol. The first-order valence-electron chi connectivity index (χ1n) is 41.9. The van der Waals surface area contributed by atoms with Crippen molar-refractivity contribution < 1.29 is 9.59 Å². The minimum Gasteiger partial charge on any atom is -0.313 e. The van der Waals surface area contributed by atoms with Crippen LogP contribution in [-0.2, 0) is 21.7 Å². The fraction of sp³-hybridized carbons (Fsp3) is 0.0702. The van der Waals surface area contributed by atoms with E-state index >= 15 is 9.59 Å². The molecule has 0 amide bonds. The SMILES string of the molecule is O=C1C2=C(N3c4ccccc4C(c4ccccc4)(c4ccccc4)c4ccccc43)C=C(N3c4ccccc4C(c4ccccc4)(c4ccccc4)c4ccccc43)C3C(=O)c4c(N5C6=C(CCC=C6)C(c6ccccc6)(c6ccccc6)c6ccccc65)cc(N5c6ccccc6C(c6ccccc6)(c6ccccc6)c6ccccc65)c1c4C23. The van der Waals surface area contributed by atoms with Crippen LogP contribution in [0.2, 0.25) is 0 Å². The van der Waals surface area contributed by atoms with E-state index in [2.05, 4.69) is 456 Å². The fourth-order valence-electron chi connectivity index (χ4n) is 23.2. The Bertz CT molecular complexity index is 6730. The van der Waals surface area contributed by atoms with Crippen molar-refractivity contribution in [3.05, 3.63) is 565 Å². The molecule has 0 spiro atoms. The molecule has 0 fully saturated rings. The number of carbonyl (C=O) groups excluding carboxylic acids is 2. The van der Waals surface area contributed by atoms with Crippen molar-refractivity contribution in [2.24, 2.45) is 5.92 Å². The normalized spacial score (nSPS) is 17.8. The zero-order chi connectivity index (χ0) is 79.4. The topological polar surface area (TPSA) is 47.1 Å². The lowest BCUT2D eigenvalue weighted by Gasteiger charge is -2.50. The van der Waals surface area contributed by atoms with Gasteiger partial charge < -0.3 is 19.6 Å². The summed E-state index contributed by atoms with van der Waals surface area (Å²) in [4.78, 5) is 47.2. The average Bonchev–Trinajstić information content (AvgIpc) is 1.48. The van der Waals surface area contributed by atoms with E-state index in [1.807, 2.05) is 0 Å². The summed E-state index contributed by atoms with van der Waals surface area (Å²) >= 11 is 0.